The van der Waals surface area contributed by atoms with Crippen LogP contribution in [0.5, 0.6) is 34.5 Å². The Kier molecular flexibility index (Phi) is 15.2. The predicted octanol–water partition coefficient (Wildman–Crippen LogP) is 25.3. The first-order chi connectivity index (χ1) is 51.1. The quantitative estimate of drug-likeness (QED) is 0.149. The van der Waals surface area contributed by atoms with E-state index in [4.69, 9.17) is 14.2 Å². The maximum Gasteiger partial charge on any atom is 0.252 e. The molecule has 0 radical (unpaired) electrons. The van der Waals surface area contributed by atoms with E-state index in [2.05, 4.69) is 394 Å². The minimum atomic E-state index is -0.775. The highest BCUT2D eigenvalue weighted by Crippen LogP contribution is 2.60. The van der Waals surface area contributed by atoms with Crippen molar-refractivity contribution >= 4 is 57.2 Å². The maximum atomic E-state index is 7.37. The fourth-order valence-corrected chi connectivity index (χ4v) is 18.1. The molecule has 0 aliphatic carbocycles. The van der Waals surface area contributed by atoms with Crippen LogP contribution in [0.2, 0.25) is 0 Å². The summed E-state index contributed by atoms with van der Waals surface area (Å²) in [5, 5.41) is 0. The summed E-state index contributed by atoms with van der Waals surface area (Å²) in [6, 6.07) is 103. The van der Waals surface area contributed by atoms with E-state index in [0.29, 0.717) is 0 Å². The SMILES string of the molecule is CC(C)(C)c1ccc(-c2cc(C(C)(C)C)ccc2N2c3cc4c(cc3B3c5cc6c(cc5N(c5ccc(C(C)(C)C)cc5-c5ccc(C(C)(C)C)cc5)c5cc(-c7ccc8c(c7)C(c7ccccc7)(c7ccccc7)c7ccccc7O8)cc2c53)C(C)(C)c2ccccc2O6)C(C)(C)c2ccccc2O4)cc1. The lowest BCUT2D eigenvalue weighted by Gasteiger charge is -2.47. The van der Waals surface area contributed by atoms with Crippen molar-refractivity contribution in [1.82, 2.24) is 0 Å². The Hall–Kier alpha value is -11.1. The predicted molar refractivity (Wildman–Crippen MR) is 447 cm³/mol. The third kappa shape index (κ3) is 10.7. The van der Waals surface area contributed by atoms with E-state index in [-0.39, 0.29) is 28.4 Å². The molecular formula is C101H93BN2O3. The third-order valence-corrected chi connectivity index (χ3v) is 24.1. The van der Waals surface area contributed by atoms with Gasteiger partial charge in [-0.05, 0) is 173 Å². The van der Waals surface area contributed by atoms with Crippen molar-refractivity contribution in [2.75, 3.05) is 9.80 Å². The summed E-state index contributed by atoms with van der Waals surface area (Å²) in [6.45, 7) is 37.0. The number of nitrogens with zero attached hydrogens (tertiary/aromatic N) is 2. The summed E-state index contributed by atoms with van der Waals surface area (Å²) in [4.78, 5) is 5.30. The van der Waals surface area contributed by atoms with Crippen LogP contribution in [0.25, 0.3) is 33.4 Å². The van der Waals surface area contributed by atoms with Crippen LogP contribution < -0.4 is 40.4 Å². The van der Waals surface area contributed by atoms with Crippen LogP contribution in [0.1, 0.15) is 178 Å². The van der Waals surface area contributed by atoms with Gasteiger partial charge in [-0.3, -0.25) is 0 Å². The standard InChI is InChI=1S/C101H93BN2O3/c1-95(2,3)66-44-39-62(40-45-66)72-56-70(97(7,8)9)48-50-82(72)103-84-59-78-92(106-88-36-26-24-34-75(88)100(78,15)16)60-81(84)102-80-58-77-93(107-89-37-27-23-33-74(89)99(77,13)14)61-85(80)104(83-51-49-71(98(10,11)12)57-73(83)63-41-46-67(47-42-63)96(4,5)6)87-55-65(54-86(103)94(87)102)64-43-52-91-79(53-64)101(68-29-19-17-20-30-68,69-31-21-18-22-32-69)76-35-25-28-38-90(76)105-91/h17-61H,1-16H3. The minimum Gasteiger partial charge on any atom is -0.457 e. The highest BCUT2D eigenvalue weighted by atomic mass is 16.5. The highest BCUT2D eigenvalue weighted by Gasteiger charge is 2.50. The molecule has 107 heavy (non-hydrogen) atoms. The Bertz CT molecular complexity index is 5740. The molecule has 0 fully saturated rings. The van der Waals surface area contributed by atoms with Gasteiger partial charge in [-0.1, -0.05) is 299 Å². The molecule has 5 heterocycles. The highest BCUT2D eigenvalue weighted by molar-refractivity contribution is 7.00. The van der Waals surface area contributed by atoms with Crippen molar-refractivity contribution in [3.8, 4) is 67.9 Å². The number of ether oxygens (including phenoxy) is 3. The molecule has 0 amide bonds. The van der Waals surface area contributed by atoms with Crippen LogP contribution in [0.3, 0.4) is 0 Å². The Labute approximate surface area is 633 Å². The van der Waals surface area contributed by atoms with Crippen molar-refractivity contribution in [2.24, 2.45) is 0 Å². The van der Waals surface area contributed by atoms with Crippen molar-refractivity contribution in [1.29, 1.82) is 0 Å². The lowest BCUT2D eigenvalue weighted by molar-refractivity contribution is 0.418. The van der Waals surface area contributed by atoms with Gasteiger partial charge >= 0.3 is 0 Å². The summed E-state index contributed by atoms with van der Waals surface area (Å²) in [7, 11) is 0. The van der Waals surface area contributed by atoms with Gasteiger partial charge in [0.25, 0.3) is 6.71 Å². The molecule has 528 valence electrons. The normalized spacial score (nSPS) is 15.3. The Morgan fingerprint density at radius 2 is 0.636 bits per heavy atom. The van der Waals surface area contributed by atoms with E-state index in [1.54, 1.807) is 0 Å². The molecule has 13 aromatic rings. The van der Waals surface area contributed by atoms with Gasteiger partial charge in [0.15, 0.2) is 0 Å². The fourth-order valence-electron chi connectivity index (χ4n) is 18.1. The van der Waals surface area contributed by atoms with Crippen LogP contribution >= 0.6 is 0 Å². The first-order valence-electron chi connectivity index (χ1n) is 38.3. The summed E-state index contributed by atoms with van der Waals surface area (Å²) >= 11 is 0. The molecule has 5 aliphatic heterocycles. The number of fused-ring (bicyclic) bond motifs is 10. The van der Waals surface area contributed by atoms with Crippen molar-refractivity contribution in [2.45, 2.75) is 149 Å². The molecule has 0 saturated heterocycles. The van der Waals surface area contributed by atoms with Crippen molar-refractivity contribution in [3.05, 3.63) is 340 Å². The second-order valence-corrected chi connectivity index (χ2v) is 35.7. The van der Waals surface area contributed by atoms with E-state index in [0.717, 1.165) is 152 Å². The summed E-state index contributed by atoms with van der Waals surface area (Å²) in [5.74, 6) is 5.13. The summed E-state index contributed by atoms with van der Waals surface area (Å²) in [5.41, 5.74) is 28.7. The minimum absolute atomic E-state index is 0.0511. The largest absolute Gasteiger partial charge is 0.457 e. The summed E-state index contributed by atoms with van der Waals surface area (Å²) in [6.07, 6.45) is 0. The Morgan fingerprint density at radius 1 is 0.262 bits per heavy atom. The van der Waals surface area contributed by atoms with Gasteiger partial charge in [0, 0.05) is 84.2 Å². The van der Waals surface area contributed by atoms with Gasteiger partial charge in [-0.15, -0.1) is 0 Å². The van der Waals surface area contributed by atoms with Crippen LogP contribution in [0.4, 0.5) is 34.1 Å². The first kappa shape index (κ1) is 67.8. The second kappa shape index (κ2) is 24.0. The number of benzene rings is 13. The fraction of sp³-hybridized carbons (Fsp3) is 0.228. The smallest absolute Gasteiger partial charge is 0.252 e. The molecule has 13 aromatic carbocycles. The molecule has 0 bridgehead atoms. The number of rotatable bonds is 7. The summed E-state index contributed by atoms with van der Waals surface area (Å²) < 4.78 is 22.0. The van der Waals surface area contributed by atoms with Gasteiger partial charge in [0.2, 0.25) is 0 Å². The zero-order valence-corrected chi connectivity index (χ0v) is 64.7. The number of hydrogen-bond acceptors (Lipinski definition) is 5. The van der Waals surface area contributed by atoms with E-state index >= 15 is 0 Å². The van der Waals surface area contributed by atoms with Gasteiger partial charge in [-0.2, -0.15) is 0 Å². The topological polar surface area (TPSA) is 34.2 Å². The molecule has 0 unspecified atom stereocenters. The van der Waals surface area contributed by atoms with E-state index < -0.39 is 16.2 Å². The number of para-hydroxylation sites is 3. The first-order valence-corrected chi connectivity index (χ1v) is 38.3. The monoisotopic (exact) mass is 1390 g/mol. The lowest BCUT2D eigenvalue weighted by Crippen LogP contribution is -2.61. The van der Waals surface area contributed by atoms with Crippen molar-refractivity contribution < 1.29 is 14.2 Å². The van der Waals surface area contributed by atoms with Crippen LogP contribution in [-0.2, 0) is 37.9 Å². The Morgan fingerprint density at radius 3 is 1.11 bits per heavy atom. The van der Waals surface area contributed by atoms with E-state index in [1.165, 1.54) is 33.2 Å². The molecule has 0 N–H and O–H groups in total. The van der Waals surface area contributed by atoms with Gasteiger partial charge < -0.3 is 24.0 Å². The molecule has 18 rings (SSSR count). The maximum absolute atomic E-state index is 7.37. The second-order valence-electron chi connectivity index (χ2n) is 35.7. The van der Waals surface area contributed by atoms with Gasteiger partial charge in [0.05, 0.1) is 16.8 Å². The number of hydrogen-bond donors (Lipinski definition) is 0. The van der Waals surface area contributed by atoms with Crippen LogP contribution in [0, 0.1) is 0 Å². The molecule has 0 aromatic heterocycles. The van der Waals surface area contributed by atoms with Crippen LogP contribution in [-0.4, -0.2) is 6.71 Å². The molecular weight excluding hydrogens is 1300 g/mol. The molecule has 5 nitrogen and oxygen atoms in total. The molecule has 6 heteroatoms. The van der Waals surface area contributed by atoms with Crippen molar-refractivity contribution in [3.63, 3.8) is 0 Å². The van der Waals surface area contributed by atoms with E-state index in [9.17, 15) is 0 Å². The molecule has 0 spiro atoms. The molecule has 0 saturated carbocycles. The molecule has 5 aliphatic rings. The average Bonchev–Trinajstić information content (AvgIpc) is 0.687. The third-order valence-electron chi connectivity index (χ3n) is 24.1. The number of anilines is 6. The van der Waals surface area contributed by atoms with Gasteiger partial charge in [0.1, 0.15) is 34.5 Å². The van der Waals surface area contributed by atoms with Gasteiger partial charge in [-0.25, -0.2) is 0 Å². The average molecular weight is 1390 g/mol. The molecule has 0 atom stereocenters. The zero-order valence-electron chi connectivity index (χ0n) is 64.7. The zero-order chi connectivity index (χ0) is 74.2. The Balaban J connectivity index is 1.01. The van der Waals surface area contributed by atoms with E-state index in [1.807, 2.05) is 0 Å². The lowest BCUT2D eigenvalue weighted by atomic mass is 9.33. The van der Waals surface area contributed by atoms with Crippen LogP contribution in [0.15, 0.2) is 273 Å².